The van der Waals surface area contributed by atoms with E-state index in [1.165, 1.54) is 6.42 Å². The van der Waals surface area contributed by atoms with Crippen molar-refractivity contribution in [2.24, 2.45) is 11.8 Å². The molecule has 1 aromatic rings. The largest absolute Gasteiger partial charge is 0.491 e. The van der Waals surface area contributed by atoms with Crippen LogP contribution in [-0.2, 0) is 9.53 Å². The highest BCUT2D eigenvalue weighted by atomic mass is 16.5. The monoisotopic (exact) mass is 431 g/mol. The van der Waals surface area contributed by atoms with Gasteiger partial charge in [-0.3, -0.25) is 9.59 Å². The van der Waals surface area contributed by atoms with Gasteiger partial charge in [0, 0.05) is 44.9 Å². The number of ether oxygens (including phenoxy) is 2. The van der Waals surface area contributed by atoms with Crippen LogP contribution in [0.3, 0.4) is 0 Å². The topological polar surface area (TPSA) is 79.9 Å². The number of likely N-dealkylation sites (N-methyl/N-ethyl adjacent to an activating group) is 1. The van der Waals surface area contributed by atoms with E-state index in [2.05, 4.69) is 24.5 Å². The van der Waals surface area contributed by atoms with E-state index < -0.39 is 0 Å². The molecule has 1 fully saturated rings. The molecule has 0 bridgehead atoms. The molecule has 0 radical (unpaired) electrons. The minimum absolute atomic E-state index is 0.0422. The van der Waals surface area contributed by atoms with Crippen molar-refractivity contribution in [1.82, 2.24) is 10.2 Å². The normalized spacial score (nSPS) is 26.3. The van der Waals surface area contributed by atoms with Gasteiger partial charge in [-0.2, -0.15) is 0 Å². The van der Waals surface area contributed by atoms with Gasteiger partial charge in [-0.05, 0) is 43.9 Å². The van der Waals surface area contributed by atoms with E-state index in [0.717, 1.165) is 32.2 Å². The average molecular weight is 432 g/mol. The maximum Gasteiger partial charge on any atom is 0.257 e. The first-order valence-electron chi connectivity index (χ1n) is 11.5. The van der Waals surface area contributed by atoms with Crippen LogP contribution < -0.4 is 15.4 Å². The Kier molecular flexibility index (Phi) is 8.32. The van der Waals surface area contributed by atoms with Crippen LogP contribution >= 0.6 is 0 Å². The number of carbonyl (C=O) groups is 2. The first-order chi connectivity index (χ1) is 14.9. The molecule has 2 N–H and O–H groups in total. The highest BCUT2D eigenvalue weighted by molar-refractivity contribution is 5.99. The van der Waals surface area contributed by atoms with Gasteiger partial charge in [0.25, 0.3) is 5.91 Å². The summed E-state index contributed by atoms with van der Waals surface area (Å²) in [5.41, 5.74) is 1.09. The second kappa shape index (κ2) is 11.0. The maximum absolute atomic E-state index is 13.3. The number of methoxy groups -OCH3 is 1. The molecular weight excluding hydrogens is 394 g/mol. The van der Waals surface area contributed by atoms with E-state index in [0.29, 0.717) is 30.2 Å². The molecule has 7 heteroatoms. The third kappa shape index (κ3) is 6.20. The van der Waals surface area contributed by atoms with E-state index in [1.54, 1.807) is 31.2 Å². The first-order valence-corrected chi connectivity index (χ1v) is 11.5. The second-order valence-corrected chi connectivity index (χ2v) is 9.09. The molecule has 31 heavy (non-hydrogen) atoms. The van der Waals surface area contributed by atoms with Gasteiger partial charge in [-0.1, -0.05) is 26.2 Å². The molecule has 1 aliphatic carbocycles. The Hall–Kier alpha value is -2.12. The predicted molar refractivity (Wildman–Crippen MR) is 122 cm³/mol. The highest BCUT2D eigenvalue weighted by Crippen LogP contribution is 2.28. The molecule has 3 rings (SSSR count). The molecule has 0 unspecified atom stereocenters. The van der Waals surface area contributed by atoms with Crippen molar-refractivity contribution in [3.8, 4) is 5.75 Å². The zero-order valence-electron chi connectivity index (χ0n) is 19.3. The standard InChI is InChI=1S/C24H37N3O4/c1-16-13-25-17(2)15-31-21-11-10-19(26-23(28)18-8-6-5-7-9-18)12-20(21)24(29)27(3)14-22(16)30-4/h10-12,16-18,22,25H,5-9,13-15H2,1-4H3,(H,26,28)/t16-,17-,22+/m0/s1. The van der Waals surface area contributed by atoms with E-state index in [9.17, 15) is 9.59 Å². The SMILES string of the molecule is CO[C@@H]1CN(C)C(=O)c2cc(NC(=O)C3CCCCC3)ccc2OC[C@H](C)NC[C@@H]1C. The van der Waals surface area contributed by atoms with Crippen LogP contribution in [0.2, 0.25) is 0 Å². The van der Waals surface area contributed by atoms with Gasteiger partial charge in [-0.15, -0.1) is 0 Å². The lowest BCUT2D eigenvalue weighted by Gasteiger charge is -2.30. The fourth-order valence-corrected chi connectivity index (χ4v) is 4.35. The number of carbonyl (C=O) groups excluding carboxylic acids is 2. The fraction of sp³-hybridized carbons (Fsp3) is 0.667. The first kappa shape index (κ1) is 23.5. The Bertz CT molecular complexity index is 763. The fourth-order valence-electron chi connectivity index (χ4n) is 4.35. The van der Waals surface area contributed by atoms with Crippen molar-refractivity contribution < 1.29 is 19.1 Å². The van der Waals surface area contributed by atoms with Crippen molar-refractivity contribution in [1.29, 1.82) is 0 Å². The lowest BCUT2D eigenvalue weighted by molar-refractivity contribution is -0.120. The predicted octanol–water partition coefficient (Wildman–Crippen LogP) is 3.30. The Balaban J connectivity index is 1.83. The summed E-state index contributed by atoms with van der Waals surface area (Å²) in [5.74, 6) is 0.728. The van der Waals surface area contributed by atoms with Gasteiger partial charge in [0.15, 0.2) is 0 Å². The molecule has 1 aliphatic heterocycles. The number of nitrogens with zero attached hydrogens (tertiary/aromatic N) is 1. The van der Waals surface area contributed by atoms with Gasteiger partial charge in [0.2, 0.25) is 5.91 Å². The number of fused-ring (bicyclic) bond motifs is 1. The summed E-state index contributed by atoms with van der Waals surface area (Å²) in [5, 5.41) is 6.50. The zero-order chi connectivity index (χ0) is 22.4. The van der Waals surface area contributed by atoms with E-state index in [4.69, 9.17) is 9.47 Å². The number of hydrogen-bond donors (Lipinski definition) is 2. The van der Waals surface area contributed by atoms with Gasteiger partial charge >= 0.3 is 0 Å². The molecule has 2 amide bonds. The number of nitrogens with one attached hydrogen (secondary N) is 2. The third-order valence-corrected chi connectivity index (χ3v) is 6.47. The summed E-state index contributed by atoms with van der Waals surface area (Å²) in [6.45, 7) is 5.88. The van der Waals surface area contributed by atoms with Crippen LogP contribution in [0.4, 0.5) is 5.69 Å². The van der Waals surface area contributed by atoms with Crippen molar-refractivity contribution in [3.05, 3.63) is 23.8 Å². The Morgan fingerprint density at radius 3 is 2.68 bits per heavy atom. The van der Waals surface area contributed by atoms with E-state index in [1.807, 2.05) is 6.07 Å². The molecule has 0 aromatic heterocycles. The highest BCUT2D eigenvalue weighted by Gasteiger charge is 2.26. The molecule has 3 atom stereocenters. The van der Waals surface area contributed by atoms with Crippen LogP contribution in [-0.4, -0.2) is 62.7 Å². The van der Waals surface area contributed by atoms with Crippen molar-refractivity contribution in [2.45, 2.75) is 58.1 Å². The Morgan fingerprint density at radius 2 is 1.97 bits per heavy atom. The van der Waals surface area contributed by atoms with Gasteiger partial charge in [0.05, 0.1) is 11.7 Å². The van der Waals surface area contributed by atoms with Gasteiger partial charge in [-0.25, -0.2) is 0 Å². The number of benzene rings is 1. The quantitative estimate of drug-likeness (QED) is 0.768. The van der Waals surface area contributed by atoms with Crippen molar-refractivity contribution in [3.63, 3.8) is 0 Å². The van der Waals surface area contributed by atoms with Crippen molar-refractivity contribution in [2.75, 3.05) is 39.2 Å². The van der Waals surface area contributed by atoms with Gasteiger partial charge < -0.3 is 25.0 Å². The van der Waals surface area contributed by atoms with Crippen LogP contribution in [0, 0.1) is 11.8 Å². The van der Waals surface area contributed by atoms with Crippen LogP contribution in [0.1, 0.15) is 56.3 Å². The maximum atomic E-state index is 13.3. The van der Waals surface area contributed by atoms with Crippen molar-refractivity contribution >= 4 is 17.5 Å². The number of rotatable bonds is 3. The minimum Gasteiger partial charge on any atom is -0.491 e. The zero-order valence-corrected chi connectivity index (χ0v) is 19.3. The van der Waals surface area contributed by atoms with E-state index >= 15 is 0 Å². The molecule has 172 valence electrons. The second-order valence-electron chi connectivity index (χ2n) is 9.09. The number of anilines is 1. The summed E-state index contributed by atoms with van der Waals surface area (Å²) in [6.07, 6.45) is 5.20. The Labute approximate surface area is 185 Å². The minimum atomic E-state index is -0.140. The molecule has 1 saturated carbocycles. The molecule has 1 aromatic carbocycles. The average Bonchev–Trinajstić information content (AvgIpc) is 2.79. The van der Waals surface area contributed by atoms with Crippen LogP contribution in [0.25, 0.3) is 0 Å². The van der Waals surface area contributed by atoms with Crippen LogP contribution in [0.5, 0.6) is 5.75 Å². The summed E-state index contributed by atoms with van der Waals surface area (Å²) in [6, 6.07) is 5.47. The van der Waals surface area contributed by atoms with Gasteiger partial charge in [0.1, 0.15) is 12.4 Å². The smallest absolute Gasteiger partial charge is 0.257 e. The summed E-state index contributed by atoms with van der Waals surface area (Å²) >= 11 is 0. The lowest BCUT2D eigenvalue weighted by Crippen LogP contribution is -2.44. The molecule has 1 heterocycles. The third-order valence-electron chi connectivity index (χ3n) is 6.47. The lowest BCUT2D eigenvalue weighted by atomic mass is 9.88. The summed E-state index contributed by atoms with van der Waals surface area (Å²) < 4.78 is 11.7. The number of amides is 2. The molecule has 7 nitrogen and oxygen atoms in total. The summed E-state index contributed by atoms with van der Waals surface area (Å²) in [4.78, 5) is 27.7. The Morgan fingerprint density at radius 1 is 1.23 bits per heavy atom. The molecule has 2 aliphatic rings. The molecule has 0 spiro atoms. The molecule has 0 saturated heterocycles. The van der Waals surface area contributed by atoms with E-state index in [-0.39, 0.29) is 35.8 Å². The number of hydrogen-bond acceptors (Lipinski definition) is 5. The van der Waals surface area contributed by atoms with Crippen LogP contribution in [0.15, 0.2) is 18.2 Å². The summed E-state index contributed by atoms with van der Waals surface area (Å²) in [7, 11) is 3.46. The molecular formula is C24H37N3O4.